The Bertz CT molecular complexity index is 1000. The normalized spacial score (nSPS) is 16.6. The molecule has 3 aromatic carbocycles. The maximum absolute atomic E-state index is 14.4. The van der Waals surface area contributed by atoms with Gasteiger partial charge in [0, 0.05) is 18.7 Å². The molecule has 1 aliphatic heterocycles. The van der Waals surface area contributed by atoms with Gasteiger partial charge in [-0.2, -0.15) is 8.78 Å². The molecule has 0 aromatic heterocycles. The molecule has 0 saturated carbocycles. The second-order valence-electron chi connectivity index (χ2n) is 7.02. The van der Waals surface area contributed by atoms with E-state index in [9.17, 15) is 22.0 Å². The molecular weight excluding hydrogens is 403 g/mol. The first-order valence-corrected chi connectivity index (χ1v) is 9.37. The molecule has 0 radical (unpaired) electrons. The number of hydrogen-bond acceptors (Lipinski definition) is 2. The average molecular weight is 420 g/mol. The fourth-order valence-electron chi connectivity index (χ4n) is 3.39. The SMILES string of the molecule is Fc1cc(OC(F)(F)c2ccc(-c3ccc(C4CCCO4)cc3)cc2)cc(F)c1F. The van der Waals surface area contributed by atoms with Crippen LogP contribution in [0.2, 0.25) is 0 Å². The lowest BCUT2D eigenvalue weighted by Crippen LogP contribution is -2.22. The van der Waals surface area contributed by atoms with Crippen molar-refractivity contribution in [1.82, 2.24) is 0 Å². The molecule has 4 rings (SSSR count). The molecule has 1 heterocycles. The highest BCUT2D eigenvalue weighted by Gasteiger charge is 2.35. The Morgan fingerprint density at radius 2 is 1.40 bits per heavy atom. The highest BCUT2D eigenvalue weighted by Crippen LogP contribution is 2.34. The second kappa shape index (κ2) is 8.07. The van der Waals surface area contributed by atoms with E-state index in [-0.39, 0.29) is 6.10 Å². The van der Waals surface area contributed by atoms with Crippen molar-refractivity contribution in [1.29, 1.82) is 0 Å². The molecule has 0 N–H and O–H groups in total. The maximum Gasteiger partial charge on any atom is 0.426 e. The van der Waals surface area contributed by atoms with Crippen molar-refractivity contribution in [3.05, 3.63) is 89.2 Å². The summed E-state index contributed by atoms with van der Waals surface area (Å²) in [5.41, 5.74) is 2.13. The molecule has 1 unspecified atom stereocenters. The van der Waals surface area contributed by atoms with E-state index < -0.39 is 34.9 Å². The Hall–Kier alpha value is -2.93. The highest BCUT2D eigenvalue weighted by molar-refractivity contribution is 5.64. The van der Waals surface area contributed by atoms with Crippen LogP contribution in [-0.4, -0.2) is 6.61 Å². The Kier molecular flexibility index (Phi) is 5.47. The summed E-state index contributed by atoms with van der Waals surface area (Å²) in [5, 5.41) is 0. The van der Waals surface area contributed by atoms with Gasteiger partial charge in [-0.1, -0.05) is 36.4 Å². The monoisotopic (exact) mass is 420 g/mol. The highest BCUT2D eigenvalue weighted by atomic mass is 19.3. The molecule has 30 heavy (non-hydrogen) atoms. The number of hydrogen-bond donors (Lipinski definition) is 0. The van der Waals surface area contributed by atoms with Gasteiger partial charge in [-0.15, -0.1) is 0 Å². The van der Waals surface area contributed by atoms with Crippen molar-refractivity contribution >= 4 is 0 Å². The van der Waals surface area contributed by atoms with Gasteiger partial charge in [0.15, 0.2) is 17.5 Å². The van der Waals surface area contributed by atoms with Crippen LogP contribution in [0.3, 0.4) is 0 Å². The first kappa shape index (κ1) is 20.3. The van der Waals surface area contributed by atoms with Gasteiger partial charge in [-0.3, -0.25) is 0 Å². The minimum absolute atomic E-state index is 0.0957. The zero-order valence-corrected chi connectivity index (χ0v) is 15.7. The Balaban J connectivity index is 1.50. The van der Waals surface area contributed by atoms with Crippen LogP contribution in [0.5, 0.6) is 5.75 Å². The molecule has 1 aliphatic rings. The van der Waals surface area contributed by atoms with E-state index in [0.717, 1.165) is 30.6 Å². The summed E-state index contributed by atoms with van der Waals surface area (Å²) in [6.45, 7) is 0.751. The Morgan fingerprint density at radius 1 is 0.833 bits per heavy atom. The van der Waals surface area contributed by atoms with Crippen molar-refractivity contribution in [2.24, 2.45) is 0 Å². The summed E-state index contributed by atoms with van der Waals surface area (Å²) in [5.74, 6) is -5.78. The van der Waals surface area contributed by atoms with E-state index in [0.29, 0.717) is 17.7 Å². The van der Waals surface area contributed by atoms with Gasteiger partial charge in [-0.25, -0.2) is 13.2 Å². The topological polar surface area (TPSA) is 18.5 Å². The quantitative estimate of drug-likeness (QED) is 0.336. The second-order valence-corrected chi connectivity index (χ2v) is 7.02. The Morgan fingerprint density at radius 3 is 1.93 bits per heavy atom. The van der Waals surface area contributed by atoms with E-state index >= 15 is 0 Å². The molecule has 2 nitrogen and oxygen atoms in total. The number of ether oxygens (including phenoxy) is 2. The summed E-state index contributed by atoms with van der Waals surface area (Å²) >= 11 is 0. The van der Waals surface area contributed by atoms with E-state index in [1.807, 2.05) is 24.3 Å². The summed E-state index contributed by atoms with van der Waals surface area (Å²) in [4.78, 5) is 0. The molecule has 1 atom stereocenters. The van der Waals surface area contributed by atoms with Crippen LogP contribution >= 0.6 is 0 Å². The third-order valence-corrected chi connectivity index (χ3v) is 4.97. The predicted octanol–water partition coefficient (Wildman–Crippen LogP) is 6.75. The van der Waals surface area contributed by atoms with Crippen molar-refractivity contribution < 1.29 is 31.4 Å². The molecule has 0 bridgehead atoms. The third-order valence-electron chi connectivity index (χ3n) is 4.97. The summed E-state index contributed by atoms with van der Waals surface area (Å²) in [6, 6.07) is 13.8. The molecule has 0 spiro atoms. The van der Waals surface area contributed by atoms with Gasteiger partial charge >= 0.3 is 6.11 Å². The van der Waals surface area contributed by atoms with E-state index in [1.54, 1.807) is 0 Å². The van der Waals surface area contributed by atoms with Crippen LogP contribution in [0, 0.1) is 17.5 Å². The summed E-state index contributed by atoms with van der Waals surface area (Å²) in [6.07, 6.45) is -1.76. The Labute approximate surface area is 169 Å². The molecule has 0 aliphatic carbocycles. The van der Waals surface area contributed by atoms with Crippen LogP contribution in [0.1, 0.15) is 30.1 Å². The lowest BCUT2D eigenvalue weighted by atomic mass is 10.00. The summed E-state index contributed by atoms with van der Waals surface area (Å²) < 4.78 is 78.3. The lowest BCUT2D eigenvalue weighted by molar-refractivity contribution is -0.185. The zero-order valence-electron chi connectivity index (χ0n) is 15.7. The van der Waals surface area contributed by atoms with Crippen molar-refractivity contribution in [3.63, 3.8) is 0 Å². The molecular formula is C23H17F5O2. The number of alkyl halides is 2. The van der Waals surface area contributed by atoms with Crippen LogP contribution < -0.4 is 4.74 Å². The minimum atomic E-state index is -3.86. The van der Waals surface area contributed by atoms with Gasteiger partial charge in [0.2, 0.25) is 0 Å². The van der Waals surface area contributed by atoms with Gasteiger partial charge in [0.25, 0.3) is 0 Å². The number of halogens is 5. The maximum atomic E-state index is 14.4. The van der Waals surface area contributed by atoms with Crippen molar-refractivity contribution in [2.45, 2.75) is 25.1 Å². The van der Waals surface area contributed by atoms with Gasteiger partial charge in [0.05, 0.1) is 11.7 Å². The van der Waals surface area contributed by atoms with Crippen LogP contribution in [0.4, 0.5) is 22.0 Å². The summed E-state index contributed by atoms with van der Waals surface area (Å²) in [7, 11) is 0. The first-order valence-electron chi connectivity index (χ1n) is 9.37. The van der Waals surface area contributed by atoms with Gasteiger partial charge in [0.1, 0.15) is 5.75 Å². The van der Waals surface area contributed by atoms with Gasteiger partial charge < -0.3 is 9.47 Å². The van der Waals surface area contributed by atoms with Crippen LogP contribution in [0.15, 0.2) is 60.7 Å². The van der Waals surface area contributed by atoms with Crippen LogP contribution in [0.25, 0.3) is 11.1 Å². The molecule has 1 fully saturated rings. The molecule has 0 amide bonds. The lowest BCUT2D eigenvalue weighted by Gasteiger charge is -2.19. The van der Waals surface area contributed by atoms with E-state index in [4.69, 9.17) is 4.74 Å². The zero-order chi connectivity index (χ0) is 21.3. The molecule has 1 saturated heterocycles. The fourth-order valence-corrected chi connectivity index (χ4v) is 3.39. The largest absolute Gasteiger partial charge is 0.429 e. The first-order chi connectivity index (χ1) is 14.3. The molecule has 7 heteroatoms. The van der Waals surface area contributed by atoms with Gasteiger partial charge in [-0.05, 0) is 41.7 Å². The molecule has 3 aromatic rings. The van der Waals surface area contributed by atoms with Crippen molar-refractivity contribution in [2.75, 3.05) is 6.61 Å². The van der Waals surface area contributed by atoms with E-state index in [1.165, 1.54) is 24.3 Å². The minimum Gasteiger partial charge on any atom is -0.429 e. The smallest absolute Gasteiger partial charge is 0.426 e. The average Bonchev–Trinajstić information content (AvgIpc) is 3.27. The standard InChI is InChI=1S/C23H17F5O2/c24-19-12-18(13-20(25)22(19)26)30-23(27,28)17-9-7-15(8-10-17)14-3-5-16(6-4-14)21-2-1-11-29-21/h3-10,12-13,21H,1-2,11H2. The number of benzene rings is 3. The predicted molar refractivity (Wildman–Crippen MR) is 101 cm³/mol. The number of rotatable bonds is 5. The van der Waals surface area contributed by atoms with E-state index in [2.05, 4.69) is 4.74 Å². The molecule has 156 valence electrons. The fraction of sp³-hybridized carbons (Fsp3) is 0.217. The van der Waals surface area contributed by atoms with Crippen LogP contribution in [-0.2, 0) is 10.8 Å². The van der Waals surface area contributed by atoms with Crippen molar-refractivity contribution in [3.8, 4) is 16.9 Å². The third kappa shape index (κ3) is 4.16.